The van der Waals surface area contributed by atoms with E-state index in [4.69, 9.17) is 14.2 Å². The van der Waals surface area contributed by atoms with Crippen LogP contribution in [0.3, 0.4) is 0 Å². The topological polar surface area (TPSA) is 44.8 Å². The average molecular weight is 444 g/mol. The molecule has 0 saturated heterocycles. The van der Waals surface area contributed by atoms with Crippen LogP contribution in [0.2, 0.25) is 0 Å². The number of rotatable bonds is 11. The number of unbranched alkanes of at least 4 members (excludes halogenated alkanes) is 1. The van der Waals surface area contributed by atoms with Crippen LogP contribution < -0.4 is 9.47 Å². The van der Waals surface area contributed by atoms with Crippen molar-refractivity contribution in [2.24, 2.45) is 0 Å². The third kappa shape index (κ3) is 9.06. The number of hydrogen-bond donors (Lipinski definition) is 0. The quantitative estimate of drug-likeness (QED) is 0.237. The molecule has 0 aliphatic rings. The molecule has 9 heteroatoms. The highest BCUT2D eigenvalue weighted by Crippen LogP contribution is 2.30. The molecule has 0 fully saturated rings. The Morgan fingerprint density at radius 3 is 2.16 bits per heavy atom. The van der Waals surface area contributed by atoms with Crippen molar-refractivity contribution in [3.8, 4) is 11.5 Å². The smallest absolute Gasteiger partial charge is 0.416 e. The van der Waals surface area contributed by atoms with Gasteiger partial charge in [-0.15, -0.1) is 0 Å². The molecule has 0 unspecified atom stereocenters. The lowest BCUT2D eigenvalue weighted by Crippen LogP contribution is -2.12. The number of esters is 1. The van der Waals surface area contributed by atoms with Crippen molar-refractivity contribution in [3.05, 3.63) is 71.8 Å². The van der Waals surface area contributed by atoms with Crippen LogP contribution in [0.5, 0.6) is 11.5 Å². The summed E-state index contributed by atoms with van der Waals surface area (Å²) in [5, 5.41) is 0. The molecule has 0 N–H and O–H groups in total. The van der Waals surface area contributed by atoms with Crippen molar-refractivity contribution < 1.29 is 41.0 Å². The number of hydrogen-bond acceptors (Lipinski definition) is 4. The number of carbonyl (C=O) groups is 1. The van der Waals surface area contributed by atoms with Gasteiger partial charge in [-0.25, -0.2) is 0 Å². The molecule has 0 spiro atoms. The number of carbonyl (C=O) groups excluding carboxylic acids is 1. The Balaban J connectivity index is 1.76. The van der Waals surface area contributed by atoms with E-state index in [1.807, 2.05) is 0 Å². The first-order valence-corrected chi connectivity index (χ1v) is 9.43. The zero-order valence-corrected chi connectivity index (χ0v) is 16.5. The van der Waals surface area contributed by atoms with Crippen molar-refractivity contribution in [3.63, 3.8) is 0 Å². The molecule has 0 aliphatic carbocycles. The SMILES string of the molecule is O=C(CCCC=C(F)F)OCCOc1ccccc1OCc1ccc(C(F)(F)F)cc1. The van der Waals surface area contributed by atoms with E-state index < -0.39 is 23.8 Å². The predicted molar refractivity (Wildman–Crippen MR) is 103 cm³/mol. The van der Waals surface area contributed by atoms with Gasteiger partial charge >= 0.3 is 12.1 Å². The largest absolute Gasteiger partial charge is 0.486 e. The minimum Gasteiger partial charge on any atom is -0.486 e. The Bertz CT molecular complexity index is 859. The normalized spacial score (nSPS) is 11.0. The number of alkyl halides is 3. The second-order valence-corrected chi connectivity index (χ2v) is 6.39. The van der Waals surface area contributed by atoms with Gasteiger partial charge in [-0.3, -0.25) is 4.79 Å². The Kier molecular flexibility index (Phi) is 9.30. The van der Waals surface area contributed by atoms with Gasteiger partial charge in [-0.1, -0.05) is 24.3 Å². The Labute approximate surface area is 176 Å². The lowest BCUT2D eigenvalue weighted by Gasteiger charge is -2.13. The molecule has 168 valence electrons. The molecule has 0 amide bonds. The maximum absolute atomic E-state index is 12.6. The first-order chi connectivity index (χ1) is 14.8. The molecule has 0 saturated carbocycles. The summed E-state index contributed by atoms with van der Waals surface area (Å²) in [6.07, 6.45) is -5.04. The molecule has 0 bridgehead atoms. The summed E-state index contributed by atoms with van der Waals surface area (Å²) in [4.78, 5) is 11.5. The molecule has 0 aliphatic heterocycles. The molecular formula is C22H21F5O4. The summed E-state index contributed by atoms with van der Waals surface area (Å²) >= 11 is 0. The van der Waals surface area contributed by atoms with Crippen molar-refractivity contribution >= 4 is 5.97 Å². The number of halogens is 5. The van der Waals surface area contributed by atoms with Crippen molar-refractivity contribution in [2.45, 2.75) is 32.0 Å². The zero-order chi connectivity index (χ0) is 22.7. The highest BCUT2D eigenvalue weighted by Gasteiger charge is 2.29. The van der Waals surface area contributed by atoms with Crippen LogP contribution in [-0.4, -0.2) is 19.2 Å². The Morgan fingerprint density at radius 1 is 0.903 bits per heavy atom. The highest BCUT2D eigenvalue weighted by molar-refractivity contribution is 5.69. The first kappa shape index (κ1) is 24.2. The monoisotopic (exact) mass is 444 g/mol. The molecule has 0 atom stereocenters. The fourth-order valence-electron chi connectivity index (χ4n) is 2.48. The molecule has 31 heavy (non-hydrogen) atoms. The van der Waals surface area contributed by atoms with E-state index in [1.54, 1.807) is 24.3 Å². The van der Waals surface area contributed by atoms with Crippen LogP contribution in [0, 0.1) is 0 Å². The van der Waals surface area contributed by atoms with Crippen LogP contribution in [-0.2, 0) is 22.3 Å². The third-order valence-electron chi connectivity index (χ3n) is 4.01. The zero-order valence-electron chi connectivity index (χ0n) is 16.5. The highest BCUT2D eigenvalue weighted by atomic mass is 19.4. The van der Waals surface area contributed by atoms with E-state index >= 15 is 0 Å². The van der Waals surface area contributed by atoms with Gasteiger partial charge in [0.05, 0.1) is 5.56 Å². The fraction of sp³-hybridized carbons (Fsp3) is 0.318. The van der Waals surface area contributed by atoms with E-state index in [0.29, 0.717) is 17.1 Å². The van der Waals surface area contributed by atoms with Gasteiger partial charge in [-0.2, -0.15) is 22.0 Å². The van der Waals surface area contributed by atoms with E-state index in [9.17, 15) is 26.7 Å². The maximum atomic E-state index is 12.6. The Morgan fingerprint density at radius 2 is 1.55 bits per heavy atom. The number of benzene rings is 2. The summed E-state index contributed by atoms with van der Waals surface area (Å²) in [6, 6.07) is 11.4. The minimum absolute atomic E-state index is 0.0244. The lowest BCUT2D eigenvalue weighted by molar-refractivity contribution is -0.144. The van der Waals surface area contributed by atoms with Crippen LogP contribution >= 0.6 is 0 Å². The van der Waals surface area contributed by atoms with Gasteiger partial charge in [0.15, 0.2) is 11.5 Å². The summed E-state index contributed by atoms with van der Waals surface area (Å²) in [5.41, 5.74) is -0.181. The van der Waals surface area contributed by atoms with E-state index in [0.717, 1.165) is 18.2 Å². The van der Waals surface area contributed by atoms with Gasteiger partial charge in [0.2, 0.25) is 0 Å². The van der Waals surface area contributed by atoms with E-state index in [-0.39, 0.29) is 39.1 Å². The third-order valence-corrected chi connectivity index (χ3v) is 4.01. The van der Waals surface area contributed by atoms with Crippen LogP contribution in [0.4, 0.5) is 22.0 Å². The van der Waals surface area contributed by atoms with Gasteiger partial charge in [0, 0.05) is 6.42 Å². The van der Waals surface area contributed by atoms with Crippen molar-refractivity contribution in [1.29, 1.82) is 0 Å². The average Bonchev–Trinajstić information content (AvgIpc) is 2.73. The summed E-state index contributed by atoms with van der Waals surface area (Å²) in [5.74, 6) is 0.255. The fourth-order valence-corrected chi connectivity index (χ4v) is 2.48. The van der Waals surface area contributed by atoms with Crippen LogP contribution in [0.15, 0.2) is 60.7 Å². The molecular weight excluding hydrogens is 423 g/mol. The summed E-state index contributed by atoms with van der Waals surface area (Å²) in [7, 11) is 0. The number of para-hydroxylation sites is 2. The predicted octanol–water partition coefficient (Wildman–Crippen LogP) is 6.16. The van der Waals surface area contributed by atoms with Crippen molar-refractivity contribution in [1.82, 2.24) is 0 Å². The maximum Gasteiger partial charge on any atom is 0.416 e. The van der Waals surface area contributed by atoms with Gasteiger partial charge < -0.3 is 14.2 Å². The standard InChI is InChI=1S/C22H21F5O4/c23-20(24)7-3-4-8-21(28)30-14-13-29-18-5-1-2-6-19(18)31-15-16-9-11-17(12-10-16)22(25,26)27/h1-2,5-7,9-12H,3-4,8,13-15H2. The lowest BCUT2D eigenvalue weighted by atomic mass is 10.1. The second kappa shape index (κ2) is 11.9. The van der Waals surface area contributed by atoms with Gasteiger partial charge in [0.1, 0.15) is 19.8 Å². The van der Waals surface area contributed by atoms with Gasteiger partial charge in [0.25, 0.3) is 6.08 Å². The van der Waals surface area contributed by atoms with E-state index in [2.05, 4.69) is 0 Å². The first-order valence-electron chi connectivity index (χ1n) is 9.43. The molecule has 0 radical (unpaired) electrons. The molecule has 2 aromatic carbocycles. The molecule has 0 aromatic heterocycles. The molecule has 2 aromatic rings. The summed E-state index contributed by atoms with van der Waals surface area (Å²) < 4.78 is 77.8. The Hall–Kier alpha value is -3.10. The van der Waals surface area contributed by atoms with Crippen LogP contribution in [0.25, 0.3) is 0 Å². The number of ether oxygens (including phenoxy) is 3. The molecule has 2 rings (SSSR count). The molecule has 4 nitrogen and oxygen atoms in total. The minimum atomic E-state index is -4.40. The number of allylic oxidation sites excluding steroid dienone is 1. The summed E-state index contributed by atoms with van der Waals surface area (Å²) in [6.45, 7) is 0.0617. The van der Waals surface area contributed by atoms with Gasteiger partial charge in [-0.05, 0) is 48.7 Å². The van der Waals surface area contributed by atoms with Crippen molar-refractivity contribution in [2.75, 3.05) is 13.2 Å². The van der Waals surface area contributed by atoms with E-state index in [1.165, 1.54) is 12.1 Å². The van der Waals surface area contributed by atoms with Crippen LogP contribution in [0.1, 0.15) is 30.4 Å². The molecule has 0 heterocycles. The second-order valence-electron chi connectivity index (χ2n) is 6.39.